The second kappa shape index (κ2) is 27.6. The number of ether oxygens (including phenoxy) is 2. The number of carbonyl (C=O) groups excluding carboxylic acids is 4. The van der Waals surface area contributed by atoms with Crippen molar-refractivity contribution in [3.63, 3.8) is 0 Å². The number of carbonyl (C=O) groups is 5. The number of carboxylic acid groups (broad SMARTS) is 1. The van der Waals surface area contributed by atoms with Gasteiger partial charge in [-0.2, -0.15) is 0 Å². The molecule has 1 unspecified atom stereocenters. The average Bonchev–Trinajstić information content (AvgIpc) is 3.89. The monoisotopic (exact) mass is 1040 g/mol. The van der Waals surface area contributed by atoms with E-state index in [0.717, 1.165) is 75.5 Å². The lowest BCUT2D eigenvalue weighted by Crippen LogP contribution is -2.46. The lowest BCUT2D eigenvalue weighted by atomic mass is 9.91. The van der Waals surface area contributed by atoms with Crippen molar-refractivity contribution in [1.29, 1.82) is 0 Å². The molecule has 4 aromatic carbocycles. The van der Waals surface area contributed by atoms with Crippen molar-refractivity contribution in [2.75, 3.05) is 39.9 Å². The lowest BCUT2D eigenvalue weighted by Gasteiger charge is -2.29. The topological polar surface area (TPSA) is 151 Å². The van der Waals surface area contributed by atoms with Gasteiger partial charge in [0.1, 0.15) is 29.1 Å². The van der Waals surface area contributed by atoms with Crippen LogP contribution < -0.4 is 14.8 Å². The molecular weight excluding hydrogens is 961 g/mol. The van der Waals surface area contributed by atoms with Crippen molar-refractivity contribution in [3.8, 4) is 11.5 Å². The van der Waals surface area contributed by atoms with Gasteiger partial charge in [-0.15, -0.1) is 0 Å². The average molecular weight is 1040 g/mol. The van der Waals surface area contributed by atoms with E-state index >= 15 is 0 Å². The number of hydrogen-bond acceptors (Lipinski definition) is 8. The van der Waals surface area contributed by atoms with Gasteiger partial charge in [0.15, 0.2) is 6.61 Å². The van der Waals surface area contributed by atoms with Gasteiger partial charge in [-0.1, -0.05) is 96.8 Å². The van der Waals surface area contributed by atoms with E-state index in [2.05, 4.69) is 51.0 Å². The molecule has 4 amide bonds. The molecular formula is C59H75ClFN5O8. The SMILES string of the molecule is CC.CC1=CCN(C)C(C)=C1c1c(Cl)ccc2c(CCCOc3cccc4cc(F)ccc34)c(C(=O)O)n(CCC(C)C)c12.CCCC(C(=O)NC=O)N1Cc2c(OCC(=O)N(CCC)CCC)cccc2C1=O. The standard InChI is InChI=1S/C35H38ClFN2O3.C22H31N3O5.C2H6/c1-21(2)15-18-39-33-28(13-14-29(36)32(33)31-22(3)16-17-38(5)23(31)4)27(34(39)35(40)41)9-7-19-42-30-10-6-8-24-20-25(37)11-12-26(24)30;1-4-8-18(21(28)23-15-26)25-13-17-16(22(25)29)9-7-10-19(17)30-14-20(27)24(11-5-2)12-6-3;1-2/h6,8,10-14,16,20-21H,7,9,15,17-19H2,1-5H3,(H,40,41);7,9-10,15,18H,4-6,8,11-14H2,1-3H3,(H,23,26,28);1-2H3. The van der Waals surface area contributed by atoms with Crippen LogP contribution in [0.3, 0.4) is 0 Å². The minimum Gasteiger partial charge on any atom is -0.493 e. The number of likely N-dealkylation sites (N-methyl/N-ethyl adjacent to an activating group) is 1. The molecule has 0 spiro atoms. The number of halogens is 2. The lowest BCUT2D eigenvalue weighted by molar-refractivity contribution is -0.133. The Bertz CT molecular complexity index is 2870. The minimum atomic E-state index is -0.942. The first-order chi connectivity index (χ1) is 35.6. The molecule has 0 bridgehead atoms. The van der Waals surface area contributed by atoms with E-state index in [1.807, 2.05) is 69.5 Å². The molecule has 15 heteroatoms. The summed E-state index contributed by atoms with van der Waals surface area (Å²) in [7, 11) is 2.06. The van der Waals surface area contributed by atoms with Crippen LogP contribution in [-0.2, 0) is 33.9 Å². The number of carboxylic acids is 1. The quantitative estimate of drug-likeness (QED) is 0.0510. The highest BCUT2D eigenvalue weighted by molar-refractivity contribution is 6.34. The number of rotatable bonds is 22. The first-order valence-corrected chi connectivity index (χ1v) is 26.5. The Hall–Kier alpha value is -6.67. The largest absolute Gasteiger partial charge is 0.493 e. The first-order valence-electron chi connectivity index (χ1n) is 26.1. The van der Waals surface area contributed by atoms with Gasteiger partial charge >= 0.3 is 5.97 Å². The van der Waals surface area contributed by atoms with E-state index in [0.29, 0.717) is 97.6 Å². The maximum atomic E-state index is 13.7. The molecule has 2 aliphatic heterocycles. The van der Waals surface area contributed by atoms with E-state index in [9.17, 15) is 33.5 Å². The van der Waals surface area contributed by atoms with Crippen LogP contribution in [0.4, 0.5) is 4.39 Å². The Morgan fingerprint density at radius 3 is 2.27 bits per heavy atom. The summed E-state index contributed by atoms with van der Waals surface area (Å²) in [6.45, 7) is 21.7. The van der Waals surface area contributed by atoms with Crippen molar-refractivity contribution >= 4 is 69.0 Å². The number of nitrogens with one attached hydrogen (secondary N) is 1. The van der Waals surface area contributed by atoms with Crippen LogP contribution in [0.2, 0.25) is 5.02 Å². The highest BCUT2D eigenvalue weighted by atomic mass is 35.5. The summed E-state index contributed by atoms with van der Waals surface area (Å²) < 4.78 is 27.6. The summed E-state index contributed by atoms with van der Waals surface area (Å²) in [5.41, 5.74) is 7.31. The molecule has 0 saturated heterocycles. The fraction of sp³-hybridized carbons (Fsp3) is 0.441. The Balaban J connectivity index is 0.000000280. The van der Waals surface area contributed by atoms with Crippen molar-refractivity contribution in [2.45, 2.75) is 126 Å². The second-order valence-corrected chi connectivity index (χ2v) is 19.3. The number of amides is 4. The van der Waals surface area contributed by atoms with Gasteiger partial charge in [-0.25, -0.2) is 9.18 Å². The fourth-order valence-corrected chi connectivity index (χ4v) is 9.94. The number of benzene rings is 4. The number of hydrogen-bond donors (Lipinski definition) is 2. The molecule has 2 aliphatic rings. The summed E-state index contributed by atoms with van der Waals surface area (Å²) in [6.07, 6.45) is 7.37. The number of aromatic carboxylic acids is 1. The molecule has 0 saturated carbocycles. The number of imide groups is 1. The molecule has 0 aliphatic carbocycles. The van der Waals surface area contributed by atoms with Gasteiger partial charge in [0.25, 0.3) is 11.8 Å². The van der Waals surface area contributed by atoms with Crippen LogP contribution in [0.15, 0.2) is 84.1 Å². The summed E-state index contributed by atoms with van der Waals surface area (Å²) in [5.74, 6) is -0.539. The summed E-state index contributed by atoms with van der Waals surface area (Å²) in [6, 6.07) is 18.5. The second-order valence-electron chi connectivity index (χ2n) is 18.9. The summed E-state index contributed by atoms with van der Waals surface area (Å²) >= 11 is 6.96. The third-order valence-corrected chi connectivity index (χ3v) is 13.7. The zero-order chi connectivity index (χ0) is 54.2. The van der Waals surface area contributed by atoms with E-state index in [-0.39, 0.29) is 30.8 Å². The van der Waals surface area contributed by atoms with Crippen molar-refractivity contribution in [1.82, 2.24) is 24.6 Å². The van der Waals surface area contributed by atoms with E-state index < -0.39 is 17.9 Å². The third-order valence-electron chi connectivity index (χ3n) is 13.4. The number of allylic oxidation sites excluding steroid dienone is 3. The fourth-order valence-electron chi connectivity index (χ4n) is 9.69. The van der Waals surface area contributed by atoms with Crippen molar-refractivity contribution in [2.24, 2.45) is 5.92 Å². The van der Waals surface area contributed by atoms with Crippen LogP contribution in [0.25, 0.3) is 27.2 Å². The van der Waals surface area contributed by atoms with Gasteiger partial charge in [-0.05, 0) is 117 Å². The van der Waals surface area contributed by atoms with Gasteiger partial charge in [0.05, 0.1) is 23.7 Å². The Kier molecular flexibility index (Phi) is 21.7. The zero-order valence-corrected chi connectivity index (χ0v) is 45.7. The van der Waals surface area contributed by atoms with Crippen LogP contribution >= 0.6 is 11.6 Å². The van der Waals surface area contributed by atoms with Crippen LogP contribution in [0, 0.1) is 11.7 Å². The number of fused-ring (bicyclic) bond motifs is 3. The maximum Gasteiger partial charge on any atom is 0.352 e. The predicted octanol–water partition coefficient (Wildman–Crippen LogP) is 12.1. The summed E-state index contributed by atoms with van der Waals surface area (Å²) in [4.78, 5) is 66.8. The Morgan fingerprint density at radius 1 is 0.919 bits per heavy atom. The third kappa shape index (κ3) is 13.5. The molecule has 5 aromatic rings. The molecule has 1 atom stereocenters. The minimum absolute atomic E-state index is 0.0910. The zero-order valence-electron chi connectivity index (χ0n) is 44.9. The smallest absolute Gasteiger partial charge is 0.352 e. The van der Waals surface area contributed by atoms with Crippen molar-refractivity contribution < 1.29 is 42.9 Å². The predicted molar refractivity (Wildman–Crippen MR) is 293 cm³/mol. The molecule has 398 valence electrons. The van der Waals surface area contributed by atoms with Gasteiger partial charge in [0, 0.05) is 72.0 Å². The normalized spacial score (nSPS) is 13.5. The maximum absolute atomic E-state index is 13.7. The van der Waals surface area contributed by atoms with Crippen LogP contribution in [-0.4, -0.2) is 100 Å². The molecule has 1 aromatic heterocycles. The summed E-state index contributed by atoms with van der Waals surface area (Å²) in [5, 5.41) is 15.9. The van der Waals surface area contributed by atoms with Crippen LogP contribution in [0.5, 0.6) is 11.5 Å². The van der Waals surface area contributed by atoms with E-state index in [4.69, 9.17) is 21.1 Å². The molecule has 3 heterocycles. The van der Waals surface area contributed by atoms with Gasteiger partial charge < -0.3 is 33.8 Å². The van der Waals surface area contributed by atoms with E-state index in [1.54, 1.807) is 29.2 Å². The molecule has 13 nitrogen and oxygen atoms in total. The number of nitrogens with zero attached hydrogens (tertiary/aromatic N) is 4. The highest BCUT2D eigenvalue weighted by Crippen LogP contribution is 2.43. The van der Waals surface area contributed by atoms with Gasteiger partial charge in [-0.3, -0.25) is 24.5 Å². The Labute approximate surface area is 441 Å². The molecule has 0 radical (unpaired) electrons. The van der Waals surface area contributed by atoms with Gasteiger partial charge in [0.2, 0.25) is 12.3 Å². The molecule has 0 fully saturated rings. The number of aryl methyl sites for hydroxylation is 2. The van der Waals surface area contributed by atoms with Crippen molar-refractivity contribution in [3.05, 3.63) is 123 Å². The molecule has 74 heavy (non-hydrogen) atoms. The Morgan fingerprint density at radius 2 is 1.61 bits per heavy atom. The first kappa shape index (κ1) is 58.2. The highest BCUT2D eigenvalue weighted by Gasteiger charge is 2.38. The molecule has 2 N–H and O–H groups in total. The number of aromatic nitrogens is 1. The molecule has 7 rings (SSSR count). The van der Waals surface area contributed by atoms with Crippen LogP contribution in [0.1, 0.15) is 138 Å². The van der Waals surface area contributed by atoms with E-state index in [1.165, 1.54) is 17.0 Å².